The third-order valence-electron chi connectivity index (χ3n) is 4.03. The van der Waals surface area contributed by atoms with E-state index in [9.17, 15) is 18.0 Å². The Bertz CT molecular complexity index is 764. The Morgan fingerprint density at radius 2 is 1.92 bits per heavy atom. The monoisotopic (exact) mass is 350 g/mol. The predicted octanol–water partition coefficient (Wildman–Crippen LogP) is 3.72. The Hall–Kier alpha value is -2.38. The van der Waals surface area contributed by atoms with Crippen LogP contribution in [0.2, 0.25) is 0 Å². The molecule has 2 aromatic carbocycles. The Kier molecular flexibility index (Phi) is 4.53. The largest absolute Gasteiger partial charge is 0.435 e. The van der Waals surface area contributed by atoms with Crippen LogP contribution in [-0.4, -0.2) is 18.7 Å². The minimum Gasteiger partial charge on any atom is -0.346 e. The smallest absolute Gasteiger partial charge is 0.346 e. The van der Waals surface area contributed by atoms with E-state index in [1.54, 1.807) is 30.3 Å². The zero-order chi connectivity index (χ0) is 18.1. The quantitative estimate of drug-likeness (QED) is 0.887. The number of anilines is 1. The van der Waals surface area contributed by atoms with Crippen LogP contribution in [0.4, 0.5) is 18.9 Å². The number of alkyl halides is 3. The van der Waals surface area contributed by atoms with Crippen molar-refractivity contribution in [2.45, 2.75) is 24.9 Å². The van der Waals surface area contributed by atoms with Crippen molar-refractivity contribution >= 4 is 11.6 Å². The predicted molar refractivity (Wildman–Crippen MR) is 86.7 cm³/mol. The molecule has 2 unspecified atom stereocenters. The molecule has 2 aromatic rings. The van der Waals surface area contributed by atoms with Gasteiger partial charge in [0.15, 0.2) is 0 Å². The van der Waals surface area contributed by atoms with E-state index in [0.717, 1.165) is 0 Å². The molecule has 0 bridgehead atoms. The minimum atomic E-state index is -4.68. The van der Waals surface area contributed by atoms with Gasteiger partial charge in [-0.3, -0.25) is 10.1 Å². The first-order chi connectivity index (χ1) is 11.8. The van der Waals surface area contributed by atoms with Crippen LogP contribution in [0.3, 0.4) is 0 Å². The molecular formula is C18H17F3N2O2. The van der Waals surface area contributed by atoms with E-state index >= 15 is 0 Å². The zero-order valence-electron chi connectivity index (χ0n) is 13.4. The van der Waals surface area contributed by atoms with Gasteiger partial charge in [-0.15, -0.1) is 0 Å². The molecule has 3 rings (SSSR count). The van der Waals surface area contributed by atoms with Crippen molar-refractivity contribution in [1.29, 1.82) is 0 Å². The number of nitrogens with one attached hydrogen (secondary N) is 2. The number of hydrogen-bond donors (Lipinski definition) is 2. The van der Waals surface area contributed by atoms with Crippen LogP contribution in [0.15, 0.2) is 54.6 Å². The molecule has 132 valence electrons. The van der Waals surface area contributed by atoms with Crippen molar-refractivity contribution in [2.75, 3.05) is 11.9 Å². The molecule has 0 spiro atoms. The number of halogens is 3. The maximum Gasteiger partial charge on any atom is 0.435 e. The molecule has 1 amide bonds. The number of hydrogen-bond acceptors (Lipinski definition) is 3. The van der Waals surface area contributed by atoms with Crippen LogP contribution in [0.5, 0.6) is 0 Å². The molecular weight excluding hydrogens is 333 g/mol. The summed E-state index contributed by atoms with van der Waals surface area (Å²) in [5.74, 6) is -0.360. The van der Waals surface area contributed by atoms with Gasteiger partial charge in [0, 0.05) is 18.2 Å². The van der Waals surface area contributed by atoms with Gasteiger partial charge < -0.3 is 10.1 Å². The molecule has 2 atom stereocenters. The summed E-state index contributed by atoms with van der Waals surface area (Å²) in [6.07, 6.45) is -4.68. The lowest BCUT2D eigenvalue weighted by atomic mass is 10.00. The van der Waals surface area contributed by atoms with Crippen molar-refractivity contribution in [3.05, 3.63) is 65.7 Å². The van der Waals surface area contributed by atoms with Crippen molar-refractivity contribution in [2.24, 2.45) is 0 Å². The number of benzene rings is 2. The highest BCUT2D eigenvalue weighted by Crippen LogP contribution is 2.46. The molecule has 0 radical (unpaired) electrons. The van der Waals surface area contributed by atoms with Crippen molar-refractivity contribution in [1.82, 2.24) is 5.32 Å². The van der Waals surface area contributed by atoms with E-state index in [4.69, 9.17) is 4.74 Å². The van der Waals surface area contributed by atoms with Gasteiger partial charge in [0.1, 0.15) is 0 Å². The van der Waals surface area contributed by atoms with Gasteiger partial charge >= 0.3 is 6.18 Å². The van der Waals surface area contributed by atoms with Gasteiger partial charge in [-0.25, -0.2) is 0 Å². The molecule has 7 heteroatoms. The fourth-order valence-electron chi connectivity index (χ4n) is 2.92. The average molecular weight is 350 g/mol. The number of rotatable bonds is 3. The van der Waals surface area contributed by atoms with E-state index in [1.807, 2.05) is 0 Å². The molecule has 0 saturated carbocycles. The number of ether oxygens (including phenoxy) is 1. The molecule has 2 N–H and O–H groups in total. The summed E-state index contributed by atoms with van der Waals surface area (Å²) in [6.45, 7) is 1.18. The molecule has 25 heavy (non-hydrogen) atoms. The Labute approximate surface area is 143 Å². The average Bonchev–Trinajstić information content (AvgIpc) is 3.02. The molecule has 1 fully saturated rings. The van der Waals surface area contributed by atoms with Crippen molar-refractivity contribution < 1.29 is 22.7 Å². The Morgan fingerprint density at radius 3 is 2.56 bits per heavy atom. The number of carbonyl (C=O) groups is 1. The van der Waals surface area contributed by atoms with Crippen LogP contribution in [0.25, 0.3) is 0 Å². The lowest BCUT2D eigenvalue weighted by Crippen LogP contribution is -2.51. The summed E-state index contributed by atoms with van der Waals surface area (Å²) in [7, 11) is 0. The first kappa shape index (κ1) is 17.4. The molecule has 0 aromatic heterocycles. The van der Waals surface area contributed by atoms with E-state index < -0.39 is 17.9 Å². The molecule has 1 aliphatic rings. The van der Waals surface area contributed by atoms with Crippen LogP contribution in [0, 0.1) is 0 Å². The third-order valence-corrected chi connectivity index (χ3v) is 4.03. The van der Waals surface area contributed by atoms with Crippen LogP contribution in [-0.2, 0) is 15.3 Å². The lowest BCUT2D eigenvalue weighted by molar-refractivity contribution is -0.277. The van der Waals surface area contributed by atoms with Crippen molar-refractivity contribution in [3.63, 3.8) is 0 Å². The van der Waals surface area contributed by atoms with Crippen LogP contribution in [0.1, 0.15) is 24.1 Å². The summed E-state index contributed by atoms with van der Waals surface area (Å²) >= 11 is 0. The highest BCUT2D eigenvalue weighted by Gasteiger charge is 2.61. The number of amides is 1. The fraction of sp³-hybridized carbons (Fsp3) is 0.278. The molecule has 0 aliphatic carbocycles. The molecule has 1 aliphatic heterocycles. The first-order valence-electron chi connectivity index (χ1n) is 7.73. The topological polar surface area (TPSA) is 50.4 Å². The molecule has 4 nitrogen and oxygen atoms in total. The second-order valence-corrected chi connectivity index (χ2v) is 5.86. The summed E-state index contributed by atoms with van der Waals surface area (Å²) < 4.78 is 47.0. The first-order valence-corrected chi connectivity index (χ1v) is 7.73. The summed E-state index contributed by atoms with van der Waals surface area (Å²) in [5, 5.41) is 5.09. The minimum absolute atomic E-state index is 0.107. The van der Waals surface area contributed by atoms with Crippen LogP contribution >= 0.6 is 0 Å². The molecule has 1 heterocycles. The molecule has 1 saturated heterocycles. The van der Waals surface area contributed by atoms with Gasteiger partial charge in [0.25, 0.3) is 0 Å². The second-order valence-electron chi connectivity index (χ2n) is 5.86. The van der Waals surface area contributed by atoms with Gasteiger partial charge in [0.05, 0.1) is 12.6 Å². The van der Waals surface area contributed by atoms with E-state index in [0.29, 0.717) is 5.56 Å². The van der Waals surface area contributed by atoms with Crippen molar-refractivity contribution in [3.8, 4) is 0 Å². The van der Waals surface area contributed by atoms with Crippen LogP contribution < -0.4 is 10.6 Å². The standard InChI is InChI=1S/C18H17F3N2O2/c1-12(24)22-15-9-5-8-14(10-15)17(18(19,20)21)23-16(11-25-17)13-6-3-2-4-7-13/h2-10,16,23H,11H2,1H3,(H,22,24). The third kappa shape index (κ3) is 3.38. The van der Waals surface area contributed by atoms with E-state index in [-0.39, 0.29) is 23.8 Å². The van der Waals surface area contributed by atoms with Gasteiger partial charge in [-0.05, 0) is 17.7 Å². The lowest BCUT2D eigenvalue weighted by Gasteiger charge is -2.32. The zero-order valence-corrected chi connectivity index (χ0v) is 13.4. The van der Waals surface area contributed by atoms with Gasteiger partial charge in [-0.1, -0.05) is 42.5 Å². The normalized spacial score (nSPS) is 23.4. The Morgan fingerprint density at radius 1 is 1.20 bits per heavy atom. The summed E-state index contributed by atoms with van der Waals surface area (Å²) in [6, 6.07) is 13.8. The summed E-state index contributed by atoms with van der Waals surface area (Å²) in [4.78, 5) is 11.2. The maximum atomic E-state index is 13.9. The van der Waals surface area contributed by atoms with E-state index in [2.05, 4.69) is 10.6 Å². The number of carbonyl (C=O) groups excluding carboxylic acids is 1. The highest BCUT2D eigenvalue weighted by atomic mass is 19.4. The summed E-state index contributed by atoms with van der Waals surface area (Å²) in [5.41, 5.74) is -1.74. The fourth-order valence-corrected chi connectivity index (χ4v) is 2.92. The maximum absolute atomic E-state index is 13.9. The van der Waals surface area contributed by atoms with E-state index in [1.165, 1.54) is 31.2 Å². The van der Waals surface area contributed by atoms with Gasteiger partial charge in [0.2, 0.25) is 11.6 Å². The second kappa shape index (κ2) is 6.50. The Balaban J connectivity index is 1.98. The highest BCUT2D eigenvalue weighted by molar-refractivity contribution is 5.88. The SMILES string of the molecule is CC(=O)Nc1cccc(C2(C(F)(F)F)NC(c3ccccc3)CO2)c1. The van der Waals surface area contributed by atoms with Gasteiger partial charge in [-0.2, -0.15) is 13.2 Å².